The fourth-order valence-electron chi connectivity index (χ4n) is 5.01. The average Bonchev–Trinajstić information content (AvgIpc) is 3.42. The quantitative estimate of drug-likeness (QED) is 0.731. The van der Waals surface area contributed by atoms with E-state index in [0.717, 1.165) is 81.8 Å². The van der Waals surface area contributed by atoms with Crippen LogP contribution in [0.1, 0.15) is 106 Å². The Labute approximate surface area is 162 Å². The summed E-state index contributed by atoms with van der Waals surface area (Å²) in [5.41, 5.74) is 1.59. The first kappa shape index (κ1) is 19.0. The van der Waals surface area contributed by atoms with E-state index in [1.54, 1.807) is 0 Å². The normalized spacial score (nSPS) is 29.6. The molecule has 3 fully saturated rings. The van der Waals surface area contributed by atoms with E-state index in [9.17, 15) is 4.79 Å². The standard InChI is InChI=1S/C22H34N2O3/c1-3-10-22(11-6-15(2)7-12-22)20-18(19(27-24-20)16-4-5-16)21(25)26-17-8-13-23-14-9-17/h15-17,23H,3-14H2,1-2H3. The average molecular weight is 375 g/mol. The molecule has 2 saturated carbocycles. The molecule has 0 unspecified atom stereocenters. The van der Waals surface area contributed by atoms with Gasteiger partial charge in [-0.2, -0.15) is 0 Å². The third-order valence-electron chi connectivity index (χ3n) is 6.89. The number of carbonyl (C=O) groups is 1. The highest BCUT2D eigenvalue weighted by Crippen LogP contribution is 2.49. The summed E-state index contributed by atoms with van der Waals surface area (Å²) in [6, 6.07) is 0. The van der Waals surface area contributed by atoms with Gasteiger partial charge in [-0.25, -0.2) is 4.79 Å². The van der Waals surface area contributed by atoms with Crippen LogP contribution in [0.5, 0.6) is 0 Å². The molecule has 5 nitrogen and oxygen atoms in total. The summed E-state index contributed by atoms with van der Waals surface area (Å²) in [4.78, 5) is 13.3. The molecule has 2 heterocycles. The Balaban J connectivity index is 1.64. The monoisotopic (exact) mass is 374 g/mol. The topological polar surface area (TPSA) is 64.4 Å². The van der Waals surface area contributed by atoms with Gasteiger partial charge in [0.1, 0.15) is 17.4 Å². The van der Waals surface area contributed by atoms with Crippen LogP contribution in [0.15, 0.2) is 4.52 Å². The lowest BCUT2D eigenvalue weighted by Crippen LogP contribution is -2.36. The van der Waals surface area contributed by atoms with E-state index in [1.807, 2.05) is 0 Å². The van der Waals surface area contributed by atoms with Crippen LogP contribution in [-0.2, 0) is 10.2 Å². The Hall–Kier alpha value is -1.36. The van der Waals surface area contributed by atoms with Gasteiger partial charge >= 0.3 is 5.97 Å². The second kappa shape index (κ2) is 7.94. The highest BCUT2D eigenvalue weighted by molar-refractivity contribution is 5.92. The molecule has 0 atom stereocenters. The Kier molecular flexibility index (Phi) is 5.58. The van der Waals surface area contributed by atoms with Crippen molar-refractivity contribution in [2.45, 2.75) is 95.5 Å². The maximum absolute atomic E-state index is 13.3. The highest BCUT2D eigenvalue weighted by Gasteiger charge is 2.45. The number of carbonyl (C=O) groups excluding carboxylic acids is 1. The lowest BCUT2D eigenvalue weighted by molar-refractivity contribution is 0.0223. The molecule has 1 saturated heterocycles. The molecular formula is C22H34N2O3. The molecule has 5 heteroatoms. The van der Waals surface area contributed by atoms with Crippen molar-refractivity contribution in [2.24, 2.45) is 5.92 Å². The Morgan fingerprint density at radius 2 is 1.89 bits per heavy atom. The Morgan fingerprint density at radius 1 is 1.19 bits per heavy atom. The number of esters is 1. The van der Waals surface area contributed by atoms with Crippen molar-refractivity contribution in [3.8, 4) is 0 Å². The molecule has 0 spiro atoms. The molecule has 0 radical (unpaired) electrons. The van der Waals surface area contributed by atoms with E-state index >= 15 is 0 Å². The molecule has 0 aromatic carbocycles. The molecule has 1 aromatic rings. The van der Waals surface area contributed by atoms with Crippen molar-refractivity contribution in [2.75, 3.05) is 13.1 Å². The smallest absolute Gasteiger partial charge is 0.344 e. The van der Waals surface area contributed by atoms with Crippen LogP contribution in [0.2, 0.25) is 0 Å². The number of rotatable bonds is 6. The molecule has 1 aliphatic heterocycles. The van der Waals surface area contributed by atoms with Crippen molar-refractivity contribution < 1.29 is 14.1 Å². The van der Waals surface area contributed by atoms with E-state index in [2.05, 4.69) is 24.3 Å². The zero-order chi connectivity index (χ0) is 18.9. The summed E-state index contributed by atoms with van der Waals surface area (Å²) < 4.78 is 11.8. The number of piperidine rings is 1. The van der Waals surface area contributed by atoms with Crippen LogP contribution < -0.4 is 5.32 Å². The van der Waals surface area contributed by atoms with Gasteiger partial charge in [-0.1, -0.05) is 25.4 Å². The molecule has 0 bridgehead atoms. The van der Waals surface area contributed by atoms with Gasteiger partial charge < -0.3 is 14.6 Å². The predicted octanol–water partition coefficient (Wildman–Crippen LogP) is 4.71. The number of aromatic nitrogens is 1. The summed E-state index contributed by atoms with van der Waals surface area (Å²) in [7, 11) is 0. The van der Waals surface area contributed by atoms with E-state index in [-0.39, 0.29) is 17.5 Å². The molecular weight excluding hydrogens is 340 g/mol. The van der Waals surface area contributed by atoms with Crippen LogP contribution in [0.25, 0.3) is 0 Å². The first-order valence-electron chi connectivity index (χ1n) is 11.0. The summed E-state index contributed by atoms with van der Waals surface area (Å²) in [5.74, 6) is 1.74. The molecule has 150 valence electrons. The second-order valence-electron chi connectivity index (χ2n) is 9.11. The number of nitrogens with one attached hydrogen (secondary N) is 1. The van der Waals surface area contributed by atoms with Gasteiger partial charge in [-0.3, -0.25) is 0 Å². The first-order valence-corrected chi connectivity index (χ1v) is 11.0. The highest BCUT2D eigenvalue weighted by atomic mass is 16.5. The number of ether oxygens (including phenoxy) is 1. The minimum absolute atomic E-state index is 0.0135. The van der Waals surface area contributed by atoms with E-state index in [1.165, 1.54) is 12.8 Å². The third kappa shape index (κ3) is 3.94. The van der Waals surface area contributed by atoms with Crippen molar-refractivity contribution in [1.82, 2.24) is 10.5 Å². The Bertz CT molecular complexity index is 651. The SMILES string of the molecule is CCCC1(c2noc(C3CC3)c2C(=O)OC2CCNCC2)CCC(C)CC1. The van der Waals surface area contributed by atoms with Gasteiger partial charge in [0.2, 0.25) is 0 Å². The fourth-order valence-corrected chi connectivity index (χ4v) is 5.01. The van der Waals surface area contributed by atoms with E-state index < -0.39 is 0 Å². The van der Waals surface area contributed by atoms with Crippen molar-refractivity contribution in [3.05, 3.63) is 17.0 Å². The second-order valence-corrected chi connectivity index (χ2v) is 9.11. The molecule has 3 aliphatic rings. The van der Waals surface area contributed by atoms with Gasteiger partial charge in [0.15, 0.2) is 5.76 Å². The lowest BCUT2D eigenvalue weighted by atomic mass is 9.65. The van der Waals surface area contributed by atoms with Crippen LogP contribution in [0.4, 0.5) is 0 Å². The molecule has 4 rings (SSSR count). The van der Waals surface area contributed by atoms with Gasteiger partial charge in [0, 0.05) is 11.3 Å². The minimum Gasteiger partial charge on any atom is -0.459 e. The maximum Gasteiger partial charge on any atom is 0.344 e. The maximum atomic E-state index is 13.3. The van der Waals surface area contributed by atoms with Gasteiger partial charge in [0.25, 0.3) is 0 Å². The third-order valence-corrected chi connectivity index (χ3v) is 6.89. The minimum atomic E-state index is -0.186. The molecule has 2 aliphatic carbocycles. The van der Waals surface area contributed by atoms with E-state index in [0.29, 0.717) is 11.5 Å². The molecule has 1 N–H and O–H groups in total. The zero-order valence-corrected chi connectivity index (χ0v) is 16.9. The fraction of sp³-hybridized carbons (Fsp3) is 0.818. The zero-order valence-electron chi connectivity index (χ0n) is 16.9. The first-order chi connectivity index (χ1) is 13.1. The molecule has 1 aromatic heterocycles. The number of hydrogen-bond donors (Lipinski definition) is 1. The van der Waals surface area contributed by atoms with Crippen LogP contribution in [0, 0.1) is 5.92 Å². The van der Waals surface area contributed by atoms with E-state index in [4.69, 9.17) is 9.26 Å². The van der Waals surface area contributed by atoms with Crippen LogP contribution in [-0.4, -0.2) is 30.3 Å². The van der Waals surface area contributed by atoms with Crippen molar-refractivity contribution in [1.29, 1.82) is 0 Å². The Morgan fingerprint density at radius 3 is 2.52 bits per heavy atom. The number of hydrogen-bond acceptors (Lipinski definition) is 5. The largest absolute Gasteiger partial charge is 0.459 e. The molecule has 0 amide bonds. The summed E-state index contributed by atoms with van der Waals surface area (Å²) in [6.45, 7) is 6.40. The summed E-state index contributed by atoms with van der Waals surface area (Å²) in [5, 5.41) is 7.87. The molecule has 27 heavy (non-hydrogen) atoms. The van der Waals surface area contributed by atoms with Crippen LogP contribution in [0.3, 0.4) is 0 Å². The van der Waals surface area contributed by atoms with Gasteiger partial charge in [-0.05, 0) is 76.8 Å². The lowest BCUT2D eigenvalue weighted by Gasteiger charge is -2.38. The van der Waals surface area contributed by atoms with Crippen LogP contribution >= 0.6 is 0 Å². The predicted molar refractivity (Wildman–Crippen MR) is 104 cm³/mol. The summed E-state index contributed by atoms with van der Waals surface area (Å²) >= 11 is 0. The summed E-state index contributed by atoms with van der Waals surface area (Å²) in [6.07, 6.45) is 10.8. The van der Waals surface area contributed by atoms with Crippen molar-refractivity contribution >= 4 is 5.97 Å². The van der Waals surface area contributed by atoms with Gasteiger partial charge in [0.05, 0.1) is 0 Å². The van der Waals surface area contributed by atoms with Crippen molar-refractivity contribution in [3.63, 3.8) is 0 Å². The number of nitrogens with zero attached hydrogens (tertiary/aromatic N) is 1. The van der Waals surface area contributed by atoms with Gasteiger partial charge in [-0.15, -0.1) is 0 Å².